The van der Waals surface area contributed by atoms with Gasteiger partial charge in [0.2, 0.25) is 0 Å². The molecular formula is C97H107F5N16O12S. The molecule has 688 valence electrons. The van der Waals surface area contributed by atoms with Crippen molar-refractivity contribution in [2.24, 2.45) is 21.1 Å². The van der Waals surface area contributed by atoms with Crippen LogP contribution in [-0.4, -0.2) is 187 Å². The molecule has 0 spiro atoms. The summed E-state index contributed by atoms with van der Waals surface area (Å²) in [5.41, 5.74) is 10.5. The lowest BCUT2D eigenvalue weighted by molar-refractivity contribution is -0.385. The second-order valence-corrected chi connectivity index (χ2v) is 35.5. The molecule has 34 heteroatoms. The number of halogens is 5. The number of pyridine rings is 2. The van der Waals surface area contributed by atoms with Crippen LogP contribution < -0.4 is 16.7 Å². The largest absolute Gasteiger partial charge is 0.338 e. The number of amides is 3. The van der Waals surface area contributed by atoms with Crippen LogP contribution in [0.15, 0.2) is 220 Å². The molecule has 0 atom stereocenters. The monoisotopic (exact) mass is 1810 g/mol. The molecule has 3 aliphatic heterocycles. The van der Waals surface area contributed by atoms with E-state index in [0.29, 0.717) is 143 Å². The van der Waals surface area contributed by atoms with Gasteiger partial charge in [0.25, 0.3) is 45.8 Å². The van der Waals surface area contributed by atoms with Gasteiger partial charge in [0, 0.05) is 179 Å². The number of likely N-dealkylation sites (tertiary alicyclic amines) is 3. The van der Waals surface area contributed by atoms with Gasteiger partial charge in [-0.2, -0.15) is 0 Å². The first-order chi connectivity index (χ1) is 62.6. The Morgan fingerprint density at radius 3 is 1.06 bits per heavy atom. The maximum Gasteiger partial charge on any atom is 0.276 e. The summed E-state index contributed by atoms with van der Waals surface area (Å²) in [4.78, 5) is 123. The van der Waals surface area contributed by atoms with E-state index in [1.165, 1.54) is 76.3 Å². The molecular weight excluding hydrogens is 1710 g/mol. The predicted molar refractivity (Wildman–Crippen MR) is 488 cm³/mol. The lowest BCUT2D eigenvalue weighted by Gasteiger charge is -2.39. The molecule has 8 heterocycles. The van der Waals surface area contributed by atoms with E-state index >= 15 is 0 Å². The highest BCUT2D eigenvalue weighted by molar-refractivity contribution is 7.90. The summed E-state index contributed by atoms with van der Waals surface area (Å²) in [5.74, 6) is -3.74. The number of nitro benzene ring substituents is 2. The fourth-order valence-electron chi connectivity index (χ4n) is 17.5. The van der Waals surface area contributed by atoms with Gasteiger partial charge in [-0.3, -0.25) is 87.7 Å². The van der Waals surface area contributed by atoms with Crippen LogP contribution in [0.2, 0.25) is 0 Å². The summed E-state index contributed by atoms with van der Waals surface area (Å²) in [6.45, 7) is 15.2. The summed E-state index contributed by atoms with van der Waals surface area (Å²) in [6.07, 6.45) is 10.3. The number of piperidine rings is 3. The third-order valence-corrected chi connectivity index (χ3v) is 26.6. The van der Waals surface area contributed by atoms with Crippen LogP contribution in [0.4, 0.5) is 33.3 Å². The normalized spacial score (nSPS) is 14.1. The number of carbonyl (C=O) groups excluding carboxylic acids is 3. The molecule has 0 saturated carbocycles. The molecule has 3 amide bonds. The molecule has 3 saturated heterocycles. The number of sulfone groups is 1. The SMILES string of the molecule is Cc1c(CN(CCc2ccc(S(C)(=O)=O)cc2)C2CCN(C(=O)c3c(F)cccc3F)CC2)c(=O)n(-c2ccc(F)cc2)n1C.Cc1c(CN(CCc2ccc([N+](=O)[O-])cc2)C2CCN(C(=O)c3ccccn3)CC2)c(=O)n(-c2ccc(F)cc2)n1C.Cc1ccnc(C)c1C(=O)N1CCC(N(CCc2ccc([N+](=O)[O-])cc2)Cc2c(C)n(C)n(-c3ccc(F)cc3)c2=O)CC1.[HH]. The van der Waals surface area contributed by atoms with E-state index in [2.05, 4.69) is 24.7 Å². The minimum Gasteiger partial charge on any atom is -0.338 e. The maximum absolute atomic E-state index is 14.3. The number of aromatic nitrogens is 8. The van der Waals surface area contributed by atoms with Crippen molar-refractivity contribution in [3.63, 3.8) is 0 Å². The van der Waals surface area contributed by atoms with Crippen LogP contribution in [0.1, 0.15) is 133 Å². The maximum atomic E-state index is 14.3. The standard InChI is InChI=1S/C33H35F3N4O4S.C33H37FN6O4.C31H33FN6O4.H2/c1-22-28(32(41)40(37(22)2)26-11-9-24(34)10-12-26)21-39(18-15-23-7-13-27(14-8-23)45(3,43)44)25-16-19-38(20-17-25)33(42)31-29(35)5-4-6-30(31)36;1-22-13-17-35-23(2)31(22)33(42)37-19-15-27(16-20-37)38(18-14-25-5-9-29(10-6-25)40(43)44)21-30-24(3)36(4)39(32(30)41)28-11-7-26(34)8-12-28;1-22-28(30(39)37(34(22)2)26-12-8-24(32)9-13-26)21-36(18-14-23-6-10-27(11-7-23)38(41)42)25-15-19-35(20-16-25)31(40)29-5-3-4-17-33-29;/h4-14,25H,15-21H2,1-3H3;5-13,17,27H,14-16,18-21H2,1-4H3;3-13,17,25H,14-16,18-21H2,1-2H3;1H. The van der Waals surface area contributed by atoms with Gasteiger partial charge in [0.1, 0.15) is 40.3 Å². The fraction of sp³-hybridized carbons (Fsp3) is 0.340. The average Bonchev–Trinajstić information content (AvgIpc) is 1.63. The number of carbonyl (C=O) groups is 3. The second kappa shape index (κ2) is 42.0. The smallest absolute Gasteiger partial charge is 0.276 e. The van der Waals surface area contributed by atoms with Crippen molar-refractivity contribution in [1.82, 2.24) is 67.5 Å². The number of nitro groups is 2. The zero-order chi connectivity index (χ0) is 93.8. The Morgan fingerprint density at radius 1 is 0.420 bits per heavy atom. The van der Waals surface area contributed by atoms with E-state index in [9.17, 15) is 79.4 Å². The van der Waals surface area contributed by atoms with Crippen molar-refractivity contribution < 1.29 is 56.0 Å². The molecule has 131 heavy (non-hydrogen) atoms. The Bertz CT molecular complexity index is 6390. The number of hydrogen-bond donors (Lipinski definition) is 0. The van der Waals surface area contributed by atoms with E-state index in [0.717, 1.165) is 89.1 Å². The molecule has 0 radical (unpaired) electrons. The van der Waals surface area contributed by atoms with Gasteiger partial charge in [0.15, 0.2) is 9.84 Å². The highest BCUT2D eigenvalue weighted by Crippen LogP contribution is 2.30. The third kappa shape index (κ3) is 22.4. The fourth-order valence-corrected chi connectivity index (χ4v) is 18.1. The lowest BCUT2D eigenvalue weighted by Crippen LogP contribution is -2.47. The third-order valence-electron chi connectivity index (χ3n) is 25.5. The Labute approximate surface area is 756 Å². The number of benzene rings is 7. The molecule has 3 fully saturated rings. The molecule has 7 aromatic carbocycles. The van der Waals surface area contributed by atoms with Gasteiger partial charge < -0.3 is 14.7 Å². The Morgan fingerprint density at radius 2 is 0.748 bits per heavy atom. The minimum absolute atomic E-state index is 0. The molecule has 0 N–H and O–H groups in total. The first-order valence-corrected chi connectivity index (χ1v) is 45.2. The van der Waals surface area contributed by atoms with Crippen LogP contribution in [0.3, 0.4) is 0 Å². The molecule has 15 rings (SSSR count). The molecule has 12 aromatic rings. The number of rotatable bonds is 27. The quantitative estimate of drug-likeness (QED) is 0.0262. The first-order valence-electron chi connectivity index (χ1n) is 43.4. The molecule has 5 aromatic heterocycles. The summed E-state index contributed by atoms with van der Waals surface area (Å²) >= 11 is 0. The molecule has 0 bridgehead atoms. The zero-order valence-corrected chi connectivity index (χ0v) is 75.3. The number of aryl methyl sites for hydroxylation is 2. The van der Waals surface area contributed by atoms with Crippen LogP contribution in [-0.2, 0) is 69.9 Å². The van der Waals surface area contributed by atoms with E-state index in [1.54, 1.807) is 146 Å². The van der Waals surface area contributed by atoms with Crippen molar-refractivity contribution in [3.8, 4) is 17.1 Å². The number of non-ortho nitro benzene ring substituents is 2. The first kappa shape index (κ1) is 95.2. The van der Waals surface area contributed by atoms with E-state index < -0.39 is 48.6 Å². The molecule has 0 unspecified atom stereocenters. The highest BCUT2D eigenvalue weighted by atomic mass is 32.2. The average molecular weight is 1820 g/mol. The number of nitrogens with zero attached hydrogens (tertiary/aromatic N) is 16. The Balaban J connectivity index is 0.000000178. The van der Waals surface area contributed by atoms with Crippen LogP contribution >= 0.6 is 0 Å². The zero-order valence-electron chi connectivity index (χ0n) is 74.5. The summed E-state index contributed by atoms with van der Waals surface area (Å²) in [6, 6.07) is 47.8. The molecule has 28 nitrogen and oxygen atoms in total. The van der Waals surface area contributed by atoms with Gasteiger partial charge in [-0.05, 0) is 230 Å². The summed E-state index contributed by atoms with van der Waals surface area (Å²) in [5, 5.41) is 22.2. The molecule has 3 aliphatic rings. The Hall–Kier alpha value is -13.4. The van der Waals surface area contributed by atoms with Gasteiger partial charge in [-0.1, -0.05) is 48.5 Å². The van der Waals surface area contributed by atoms with Gasteiger partial charge >= 0.3 is 0 Å². The van der Waals surface area contributed by atoms with Crippen LogP contribution in [0.25, 0.3) is 17.1 Å². The van der Waals surface area contributed by atoms with Gasteiger partial charge in [-0.25, -0.2) is 44.4 Å². The van der Waals surface area contributed by atoms with E-state index in [-0.39, 0.29) is 89.0 Å². The van der Waals surface area contributed by atoms with Crippen molar-refractivity contribution in [3.05, 3.63) is 359 Å². The van der Waals surface area contributed by atoms with E-state index in [1.807, 2.05) is 64.6 Å². The highest BCUT2D eigenvalue weighted by Gasteiger charge is 2.36. The van der Waals surface area contributed by atoms with E-state index in [4.69, 9.17) is 0 Å². The van der Waals surface area contributed by atoms with Crippen molar-refractivity contribution in [1.29, 1.82) is 0 Å². The minimum atomic E-state index is -3.33. The van der Waals surface area contributed by atoms with Gasteiger partial charge in [-0.15, -0.1) is 0 Å². The predicted octanol–water partition coefficient (Wildman–Crippen LogP) is 14.1. The summed E-state index contributed by atoms with van der Waals surface area (Å²) in [7, 11) is 2.06. The second-order valence-electron chi connectivity index (χ2n) is 33.4. The van der Waals surface area contributed by atoms with Crippen molar-refractivity contribution in [2.45, 2.75) is 135 Å². The molecule has 0 aliphatic carbocycles. The van der Waals surface area contributed by atoms with Crippen LogP contribution in [0.5, 0.6) is 0 Å². The van der Waals surface area contributed by atoms with Crippen molar-refractivity contribution >= 4 is 38.9 Å². The van der Waals surface area contributed by atoms with Crippen LogP contribution in [0, 0.1) is 83.9 Å². The topological polar surface area (TPSA) is 298 Å². The Kier molecular flexibility index (Phi) is 30.5. The lowest BCUT2D eigenvalue weighted by atomic mass is 9.99. The summed E-state index contributed by atoms with van der Waals surface area (Å²) < 4.78 is 103. The number of hydrogen-bond acceptors (Lipinski definition) is 17. The van der Waals surface area contributed by atoms with Crippen molar-refractivity contribution in [2.75, 3.05) is 65.2 Å². The van der Waals surface area contributed by atoms with Gasteiger partial charge in [0.05, 0.1) is 59.8 Å².